The van der Waals surface area contributed by atoms with E-state index in [0.29, 0.717) is 12.3 Å². The van der Waals surface area contributed by atoms with E-state index in [0.717, 1.165) is 11.4 Å². The van der Waals surface area contributed by atoms with Crippen LogP contribution in [0.15, 0.2) is 36.5 Å². The van der Waals surface area contributed by atoms with Crippen molar-refractivity contribution in [2.45, 2.75) is 13.3 Å². The van der Waals surface area contributed by atoms with Gasteiger partial charge in [-0.2, -0.15) is 0 Å². The number of ether oxygens (including phenoxy) is 2. The molecule has 0 unspecified atom stereocenters. The number of benzene rings is 1. The standard InChI is InChI=1S/C13H17NO3/c1-4-17-13(15)9-10(2)14-11-5-7-12(16-3)8-6-11/h5-8,14H,2,4,9H2,1,3H3. The summed E-state index contributed by atoms with van der Waals surface area (Å²) in [5, 5.41) is 3.03. The van der Waals surface area contributed by atoms with Crippen LogP contribution in [0.3, 0.4) is 0 Å². The van der Waals surface area contributed by atoms with E-state index in [1.807, 2.05) is 24.3 Å². The lowest BCUT2D eigenvalue weighted by Crippen LogP contribution is -2.09. The summed E-state index contributed by atoms with van der Waals surface area (Å²) >= 11 is 0. The number of carbonyl (C=O) groups excluding carboxylic acids is 1. The summed E-state index contributed by atoms with van der Waals surface area (Å²) < 4.78 is 9.87. The first-order chi connectivity index (χ1) is 8.15. The van der Waals surface area contributed by atoms with Crippen LogP contribution in [-0.2, 0) is 9.53 Å². The number of carbonyl (C=O) groups is 1. The highest BCUT2D eigenvalue weighted by atomic mass is 16.5. The van der Waals surface area contributed by atoms with Crippen LogP contribution in [0.5, 0.6) is 5.75 Å². The molecule has 4 nitrogen and oxygen atoms in total. The molecule has 1 aromatic carbocycles. The molecule has 0 aliphatic rings. The van der Waals surface area contributed by atoms with E-state index in [4.69, 9.17) is 9.47 Å². The lowest BCUT2D eigenvalue weighted by atomic mass is 10.2. The summed E-state index contributed by atoms with van der Waals surface area (Å²) in [5.41, 5.74) is 1.47. The van der Waals surface area contributed by atoms with Crippen molar-refractivity contribution in [3.63, 3.8) is 0 Å². The summed E-state index contributed by atoms with van der Waals surface area (Å²) in [6.45, 7) is 5.93. The normalized spacial score (nSPS) is 9.53. The Balaban J connectivity index is 2.47. The second-order valence-corrected chi connectivity index (χ2v) is 3.44. The van der Waals surface area contributed by atoms with E-state index < -0.39 is 0 Å². The molecule has 0 fully saturated rings. The molecule has 0 bridgehead atoms. The van der Waals surface area contributed by atoms with Gasteiger partial charge in [-0.3, -0.25) is 4.79 Å². The lowest BCUT2D eigenvalue weighted by Gasteiger charge is -2.09. The summed E-state index contributed by atoms with van der Waals surface area (Å²) in [7, 11) is 1.61. The first-order valence-corrected chi connectivity index (χ1v) is 5.40. The number of methoxy groups -OCH3 is 1. The van der Waals surface area contributed by atoms with Crippen LogP contribution >= 0.6 is 0 Å². The fraction of sp³-hybridized carbons (Fsp3) is 0.308. The van der Waals surface area contributed by atoms with Crippen molar-refractivity contribution in [1.29, 1.82) is 0 Å². The SMILES string of the molecule is C=C(CC(=O)OCC)Nc1ccc(OC)cc1. The predicted octanol–water partition coefficient (Wildman–Crippen LogP) is 2.57. The Morgan fingerprint density at radius 3 is 2.53 bits per heavy atom. The van der Waals surface area contributed by atoms with Gasteiger partial charge in [0.25, 0.3) is 0 Å². The number of nitrogens with one attached hydrogen (secondary N) is 1. The Hall–Kier alpha value is -1.97. The second kappa shape index (κ2) is 6.58. The fourth-order valence-corrected chi connectivity index (χ4v) is 1.31. The third-order valence-corrected chi connectivity index (χ3v) is 2.07. The van der Waals surface area contributed by atoms with Gasteiger partial charge in [0.15, 0.2) is 0 Å². The van der Waals surface area contributed by atoms with Gasteiger partial charge in [-0.1, -0.05) is 6.58 Å². The van der Waals surface area contributed by atoms with Gasteiger partial charge in [-0.05, 0) is 31.2 Å². The Morgan fingerprint density at radius 1 is 1.35 bits per heavy atom. The van der Waals surface area contributed by atoms with Gasteiger partial charge in [-0.15, -0.1) is 0 Å². The molecule has 0 aliphatic carbocycles. The van der Waals surface area contributed by atoms with Gasteiger partial charge in [0, 0.05) is 11.4 Å². The van der Waals surface area contributed by atoms with Gasteiger partial charge in [-0.25, -0.2) is 0 Å². The zero-order chi connectivity index (χ0) is 12.7. The van der Waals surface area contributed by atoms with Crippen molar-refractivity contribution in [2.24, 2.45) is 0 Å². The molecule has 0 spiro atoms. The van der Waals surface area contributed by atoms with E-state index >= 15 is 0 Å². The van der Waals surface area contributed by atoms with Gasteiger partial charge >= 0.3 is 5.97 Å². The van der Waals surface area contributed by atoms with Crippen molar-refractivity contribution in [1.82, 2.24) is 0 Å². The van der Waals surface area contributed by atoms with Gasteiger partial charge in [0.1, 0.15) is 5.75 Å². The van der Waals surface area contributed by atoms with Crippen molar-refractivity contribution < 1.29 is 14.3 Å². The summed E-state index contributed by atoms with van der Waals surface area (Å²) in [6.07, 6.45) is 0.167. The number of rotatable bonds is 6. The molecular weight excluding hydrogens is 218 g/mol. The van der Waals surface area contributed by atoms with E-state index in [1.165, 1.54) is 0 Å². The van der Waals surface area contributed by atoms with Crippen LogP contribution in [0.4, 0.5) is 5.69 Å². The molecule has 0 radical (unpaired) electrons. The minimum Gasteiger partial charge on any atom is -0.497 e. The van der Waals surface area contributed by atoms with E-state index in [-0.39, 0.29) is 12.4 Å². The van der Waals surface area contributed by atoms with E-state index in [2.05, 4.69) is 11.9 Å². The van der Waals surface area contributed by atoms with Crippen molar-refractivity contribution in [3.05, 3.63) is 36.5 Å². The van der Waals surface area contributed by atoms with Crippen LogP contribution in [0.2, 0.25) is 0 Å². The number of anilines is 1. The molecule has 0 aromatic heterocycles. The smallest absolute Gasteiger partial charge is 0.311 e. The molecule has 1 aromatic rings. The van der Waals surface area contributed by atoms with Crippen LogP contribution in [0.25, 0.3) is 0 Å². The Kier molecular flexibility index (Phi) is 5.07. The zero-order valence-corrected chi connectivity index (χ0v) is 10.2. The minimum absolute atomic E-state index is 0.167. The van der Waals surface area contributed by atoms with Gasteiger partial charge in [0.05, 0.1) is 20.1 Å². The quantitative estimate of drug-likeness (QED) is 0.770. The zero-order valence-electron chi connectivity index (χ0n) is 10.2. The molecule has 0 saturated heterocycles. The maximum absolute atomic E-state index is 11.2. The largest absolute Gasteiger partial charge is 0.497 e. The monoisotopic (exact) mass is 235 g/mol. The highest BCUT2D eigenvalue weighted by molar-refractivity contribution is 5.73. The third kappa shape index (κ3) is 4.59. The first-order valence-electron chi connectivity index (χ1n) is 5.40. The molecule has 1 rings (SSSR count). The van der Waals surface area contributed by atoms with Crippen LogP contribution in [-0.4, -0.2) is 19.7 Å². The van der Waals surface area contributed by atoms with Crippen molar-refractivity contribution >= 4 is 11.7 Å². The lowest BCUT2D eigenvalue weighted by molar-refractivity contribution is -0.142. The molecule has 92 valence electrons. The maximum atomic E-state index is 11.2. The number of esters is 1. The van der Waals surface area contributed by atoms with Crippen LogP contribution in [0, 0.1) is 0 Å². The Morgan fingerprint density at radius 2 is 2.00 bits per heavy atom. The summed E-state index contributed by atoms with van der Waals surface area (Å²) in [4.78, 5) is 11.2. The summed E-state index contributed by atoms with van der Waals surface area (Å²) in [6, 6.07) is 7.38. The molecule has 0 aliphatic heterocycles. The topological polar surface area (TPSA) is 47.6 Å². The third-order valence-electron chi connectivity index (χ3n) is 2.07. The first kappa shape index (κ1) is 13.1. The van der Waals surface area contributed by atoms with Gasteiger partial charge in [0.2, 0.25) is 0 Å². The molecular formula is C13H17NO3. The van der Waals surface area contributed by atoms with E-state index in [9.17, 15) is 4.79 Å². The highest BCUT2D eigenvalue weighted by Gasteiger charge is 2.04. The van der Waals surface area contributed by atoms with E-state index in [1.54, 1.807) is 14.0 Å². The highest BCUT2D eigenvalue weighted by Crippen LogP contribution is 2.17. The molecule has 0 amide bonds. The molecule has 0 saturated carbocycles. The Labute approximate surface area is 101 Å². The van der Waals surface area contributed by atoms with Crippen molar-refractivity contribution in [2.75, 3.05) is 19.0 Å². The average molecular weight is 235 g/mol. The van der Waals surface area contributed by atoms with Crippen molar-refractivity contribution in [3.8, 4) is 5.75 Å². The molecule has 4 heteroatoms. The van der Waals surface area contributed by atoms with Gasteiger partial charge < -0.3 is 14.8 Å². The minimum atomic E-state index is -0.279. The van der Waals surface area contributed by atoms with Crippen LogP contribution in [0.1, 0.15) is 13.3 Å². The maximum Gasteiger partial charge on any atom is 0.311 e. The summed E-state index contributed by atoms with van der Waals surface area (Å²) in [5.74, 6) is 0.505. The molecule has 0 atom stereocenters. The number of hydrogen-bond donors (Lipinski definition) is 1. The second-order valence-electron chi connectivity index (χ2n) is 3.44. The number of hydrogen-bond acceptors (Lipinski definition) is 4. The Bertz CT molecular complexity index is 384. The molecule has 0 heterocycles. The van der Waals surface area contributed by atoms with Crippen LogP contribution < -0.4 is 10.1 Å². The molecule has 17 heavy (non-hydrogen) atoms. The predicted molar refractivity (Wildman–Crippen MR) is 67.0 cm³/mol. The average Bonchev–Trinajstić information content (AvgIpc) is 2.30. The fourth-order valence-electron chi connectivity index (χ4n) is 1.31. The molecule has 1 N–H and O–H groups in total.